The molecule has 0 saturated carbocycles. The molecule has 0 aliphatic heterocycles. The number of isocyanates is 3. The van der Waals surface area contributed by atoms with Gasteiger partial charge in [0.1, 0.15) is 12.7 Å². The van der Waals surface area contributed by atoms with Crippen LogP contribution in [-0.2, 0) is 14.4 Å². The van der Waals surface area contributed by atoms with E-state index < -0.39 is 0 Å². The molecule has 0 radical (unpaired) electrons. The van der Waals surface area contributed by atoms with Crippen LogP contribution < -0.4 is 0 Å². The molecule has 2 aromatic rings. The Kier molecular flexibility index (Phi) is 4.28. The van der Waals surface area contributed by atoms with Gasteiger partial charge in [0.25, 0.3) is 0 Å². The first-order valence-corrected chi connectivity index (χ1v) is 5.34. The maximum Gasteiger partial charge on any atom is 0.240 e. The molecular weight excluding hydrogens is 276 g/mol. The molecule has 0 N–H and O–H groups in total. The number of hydrogen-bond donors (Lipinski definition) is 0. The predicted octanol–water partition coefficient (Wildman–Crippen LogP) is 1.44. The molecule has 0 aliphatic rings. The van der Waals surface area contributed by atoms with E-state index >= 15 is 0 Å². The summed E-state index contributed by atoms with van der Waals surface area (Å²) in [6.45, 7) is 0. The Balaban J connectivity index is 2.85. The van der Waals surface area contributed by atoms with Crippen molar-refractivity contribution in [2.45, 2.75) is 0 Å². The molecule has 0 amide bonds. The minimum Gasteiger partial charge on any atom is -0.225 e. The van der Waals surface area contributed by atoms with E-state index in [0.29, 0.717) is 0 Å². The van der Waals surface area contributed by atoms with E-state index in [1.54, 1.807) is 0 Å². The van der Waals surface area contributed by atoms with Gasteiger partial charge in [0.05, 0.1) is 22.6 Å². The average Bonchev–Trinajstić information content (AvgIpc) is 2.49. The van der Waals surface area contributed by atoms with Crippen LogP contribution in [0.3, 0.4) is 0 Å². The monoisotopic (exact) mass is 280 g/mol. The van der Waals surface area contributed by atoms with Gasteiger partial charge < -0.3 is 0 Å². The second-order valence-corrected chi connectivity index (χ2v) is 3.43. The zero-order valence-corrected chi connectivity index (χ0v) is 10.2. The summed E-state index contributed by atoms with van der Waals surface area (Å²) in [5, 5.41) is 0. The fraction of sp³-hybridized carbons (Fsp3) is 0. The third kappa shape index (κ3) is 3.04. The molecule has 1 aromatic carbocycles. The summed E-state index contributed by atoms with van der Waals surface area (Å²) >= 11 is 0. The average molecular weight is 280 g/mol. The fourth-order valence-corrected chi connectivity index (χ4v) is 1.59. The Hall–Kier alpha value is -3.63. The number of aromatic nitrogens is 3. The highest BCUT2D eigenvalue weighted by Gasteiger charge is 2.15. The van der Waals surface area contributed by atoms with Gasteiger partial charge in [-0.15, -0.1) is 0 Å². The molecule has 1 aromatic heterocycles. The van der Waals surface area contributed by atoms with Gasteiger partial charge in [-0.25, -0.2) is 29.3 Å². The van der Waals surface area contributed by atoms with E-state index in [1.807, 2.05) is 0 Å². The standard InChI is InChI=1S/C12H4N6O3/c19-5-16-8-1-9(17-6-20)11(10(2-8)18-7-21)12-14-3-13-4-15-12/h1-4H. The van der Waals surface area contributed by atoms with E-state index in [4.69, 9.17) is 0 Å². The number of aliphatic imine (C=N–C) groups is 3. The third-order valence-electron chi connectivity index (χ3n) is 2.31. The molecule has 0 atom stereocenters. The zero-order chi connectivity index (χ0) is 15.1. The van der Waals surface area contributed by atoms with Crippen LogP contribution in [0.25, 0.3) is 11.4 Å². The van der Waals surface area contributed by atoms with Crippen molar-refractivity contribution in [2.75, 3.05) is 0 Å². The molecule has 0 unspecified atom stereocenters. The molecule has 0 saturated heterocycles. The van der Waals surface area contributed by atoms with Crippen LogP contribution >= 0.6 is 0 Å². The van der Waals surface area contributed by atoms with Crippen molar-refractivity contribution in [3.05, 3.63) is 24.8 Å². The summed E-state index contributed by atoms with van der Waals surface area (Å²) in [5.74, 6) is 0.134. The van der Waals surface area contributed by atoms with Gasteiger partial charge >= 0.3 is 0 Å². The molecule has 21 heavy (non-hydrogen) atoms. The van der Waals surface area contributed by atoms with Crippen LogP contribution in [0.4, 0.5) is 17.1 Å². The van der Waals surface area contributed by atoms with Crippen molar-refractivity contribution < 1.29 is 14.4 Å². The highest BCUT2D eigenvalue weighted by Crippen LogP contribution is 2.40. The first-order chi connectivity index (χ1) is 10.3. The largest absolute Gasteiger partial charge is 0.240 e. The topological polar surface area (TPSA) is 127 Å². The second kappa shape index (κ2) is 6.51. The normalized spacial score (nSPS) is 8.95. The Morgan fingerprint density at radius 2 is 1.33 bits per heavy atom. The predicted molar refractivity (Wildman–Crippen MR) is 68.6 cm³/mol. The molecule has 100 valence electrons. The van der Waals surface area contributed by atoms with Crippen LogP contribution in [0.2, 0.25) is 0 Å². The van der Waals surface area contributed by atoms with E-state index in [2.05, 4.69) is 29.9 Å². The summed E-state index contributed by atoms with van der Waals surface area (Å²) < 4.78 is 0. The highest BCUT2D eigenvalue weighted by molar-refractivity contribution is 5.87. The minimum atomic E-state index is 0.0432. The van der Waals surface area contributed by atoms with E-state index in [0.717, 1.165) is 0 Å². The summed E-state index contributed by atoms with van der Waals surface area (Å²) in [7, 11) is 0. The summed E-state index contributed by atoms with van der Waals surface area (Å²) in [5.41, 5.74) is 0.378. The third-order valence-corrected chi connectivity index (χ3v) is 2.31. The summed E-state index contributed by atoms with van der Waals surface area (Å²) in [6.07, 6.45) is 6.50. The van der Waals surface area contributed by atoms with Crippen molar-refractivity contribution in [3.8, 4) is 11.4 Å². The van der Waals surface area contributed by atoms with Crippen molar-refractivity contribution in [2.24, 2.45) is 15.0 Å². The molecule has 1 heterocycles. The lowest BCUT2D eigenvalue weighted by atomic mass is 10.1. The van der Waals surface area contributed by atoms with Crippen molar-refractivity contribution in [3.63, 3.8) is 0 Å². The molecule has 0 aliphatic carbocycles. The van der Waals surface area contributed by atoms with Gasteiger partial charge in [-0.3, -0.25) is 0 Å². The van der Waals surface area contributed by atoms with Gasteiger partial charge in [0, 0.05) is 0 Å². The fourth-order valence-electron chi connectivity index (χ4n) is 1.59. The Morgan fingerprint density at radius 3 is 1.81 bits per heavy atom. The minimum absolute atomic E-state index is 0.0432. The number of hydrogen-bond acceptors (Lipinski definition) is 9. The van der Waals surface area contributed by atoms with Gasteiger partial charge in [-0.1, -0.05) is 0 Å². The number of carbonyl (C=O) groups excluding carboxylic acids is 3. The van der Waals surface area contributed by atoms with Crippen LogP contribution in [0.5, 0.6) is 0 Å². The zero-order valence-electron chi connectivity index (χ0n) is 10.2. The molecule has 9 nitrogen and oxygen atoms in total. The maximum absolute atomic E-state index is 10.5. The van der Waals surface area contributed by atoms with Crippen LogP contribution in [0.15, 0.2) is 39.8 Å². The molecule has 0 fully saturated rings. The quantitative estimate of drug-likeness (QED) is 0.615. The molecular formula is C12H4N6O3. The molecule has 2 rings (SSSR count). The van der Waals surface area contributed by atoms with Gasteiger partial charge in [-0.2, -0.15) is 15.0 Å². The first-order valence-electron chi connectivity index (χ1n) is 5.34. The van der Waals surface area contributed by atoms with Gasteiger partial charge in [0.15, 0.2) is 5.82 Å². The summed E-state index contributed by atoms with van der Waals surface area (Å²) in [4.78, 5) is 53.2. The Bertz CT molecular complexity index is 777. The smallest absolute Gasteiger partial charge is 0.225 e. The van der Waals surface area contributed by atoms with Crippen LogP contribution in [-0.4, -0.2) is 33.2 Å². The lowest BCUT2D eigenvalue weighted by Gasteiger charge is -2.06. The van der Waals surface area contributed by atoms with Crippen molar-refractivity contribution in [1.82, 2.24) is 15.0 Å². The second-order valence-electron chi connectivity index (χ2n) is 3.43. The van der Waals surface area contributed by atoms with Gasteiger partial charge in [0.2, 0.25) is 18.2 Å². The molecule has 0 bridgehead atoms. The lowest BCUT2D eigenvalue weighted by Crippen LogP contribution is -1.90. The maximum atomic E-state index is 10.5. The summed E-state index contributed by atoms with van der Waals surface area (Å²) in [6, 6.07) is 2.61. The number of rotatable bonds is 4. The van der Waals surface area contributed by atoms with Gasteiger partial charge in [-0.05, 0) is 12.1 Å². The lowest BCUT2D eigenvalue weighted by molar-refractivity contribution is 0.565. The molecule has 9 heteroatoms. The van der Waals surface area contributed by atoms with E-state index in [-0.39, 0.29) is 28.5 Å². The van der Waals surface area contributed by atoms with Crippen molar-refractivity contribution >= 4 is 35.3 Å². The van der Waals surface area contributed by atoms with Crippen LogP contribution in [0.1, 0.15) is 0 Å². The number of benzene rings is 1. The number of nitrogens with zero attached hydrogens (tertiary/aromatic N) is 6. The Labute approximate surface area is 116 Å². The van der Waals surface area contributed by atoms with Crippen LogP contribution in [0, 0.1) is 0 Å². The first kappa shape index (κ1) is 13.8. The molecule has 0 spiro atoms. The SMILES string of the molecule is O=C=Nc1cc(N=C=O)c(-c2ncncn2)c(N=C=O)c1. The van der Waals surface area contributed by atoms with E-state index in [1.165, 1.54) is 43.0 Å². The Morgan fingerprint density at radius 1 is 0.810 bits per heavy atom. The highest BCUT2D eigenvalue weighted by atomic mass is 16.1. The van der Waals surface area contributed by atoms with E-state index in [9.17, 15) is 14.4 Å². The van der Waals surface area contributed by atoms with Crippen molar-refractivity contribution in [1.29, 1.82) is 0 Å².